The zero-order valence-electron chi connectivity index (χ0n) is 28.4. The van der Waals surface area contributed by atoms with Gasteiger partial charge >= 0.3 is 0 Å². The summed E-state index contributed by atoms with van der Waals surface area (Å²) in [5.74, 6) is 0. The van der Waals surface area contributed by atoms with Gasteiger partial charge in [-0.1, -0.05) is 146 Å². The monoisotopic (exact) mass is 639 g/mol. The summed E-state index contributed by atoms with van der Waals surface area (Å²) in [6.07, 6.45) is 0. The molecule has 0 amide bonds. The van der Waals surface area contributed by atoms with Gasteiger partial charge in [0.05, 0.1) is 12.4 Å². The van der Waals surface area contributed by atoms with Crippen molar-refractivity contribution in [2.75, 3.05) is 4.90 Å². The molecule has 2 heteroatoms. The highest BCUT2D eigenvalue weighted by molar-refractivity contribution is 6.15. The maximum atomic E-state index is 7.90. The minimum Gasteiger partial charge on any atom is -0.310 e. The molecule has 0 radical (unpaired) electrons. The summed E-state index contributed by atoms with van der Waals surface area (Å²) in [6, 6.07) is 71.2. The Kier molecular flexibility index (Phi) is 7.24. The normalized spacial score (nSPS) is 11.5. The van der Waals surface area contributed by atoms with Crippen molar-refractivity contribution in [1.82, 2.24) is 4.57 Å². The number of benzene rings is 8. The summed E-state index contributed by atoms with van der Waals surface area (Å²) in [6.45, 7) is 0. The van der Waals surface area contributed by atoms with E-state index < -0.39 is 0 Å². The Balaban J connectivity index is 1.19. The first-order chi connectivity index (χ1) is 25.2. The van der Waals surface area contributed by atoms with Crippen molar-refractivity contribution in [3.63, 3.8) is 0 Å². The van der Waals surface area contributed by atoms with Gasteiger partial charge in [0.15, 0.2) is 0 Å². The van der Waals surface area contributed by atoms with Gasteiger partial charge in [0, 0.05) is 33.5 Å². The van der Waals surface area contributed by atoms with Gasteiger partial charge in [-0.15, -0.1) is 0 Å². The molecule has 0 bridgehead atoms. The Morgan fingerprint density at radius 3 is 1.58 bits per heavy atom. The third-order valence-electron chi connectivity index (χ3n) is 9.54. The number of rotatable bonds is 7. The predicted octanol–water partition coefficient (Wildman–Crippen LogP) is 13.3. The van der Waals surface area contributed by atoms with E-state index in [1.54, 1.807) is 0 Å². The Hall–Kier alpha value is -6.64. The first kappa shape index (κ1) is 28.4. The van der Waals surface area contributed by atoms with Gasteiger partial charge in [-0.3, -0.25) is 0 Å². The van der Waals surface area contributed by atoms with Crippen LogP contribution >= 0.6 is 0 Å². The van der Waals surface area contributed by atoms with E-state index in [1.807, 2.05) is 24.3 Å². The van der Waals surface area contributed by atoms with Gasteiger partial charge < -0.3 is 9.47 Å². The number of fused-ring (bicyclic) bond motifs is 3. The van der Waals surface area contributed by atoms with E-state index in [0.717, 1.165) is 39.4 Å². The molecule has 0 atom stereocenters. The number of nitrogens with zero attached hydrogens (tertiary/aromatic N) is 2. The van der Waals surface area contributed by atoms with Gasteiger partial charge in [0.2, 0.25) is 0 Å². The molecular formula is C48H34N2. The van der Waals surface area contributed by atoms with Crippen LogP contribution in [0.2, 0.25) is 0 Å². The fraction of sp³-hybridized carbons (Fsp3) is 0. The molecule has 0 saturated carbocycles. The summed E-state index contributed by atoms with van der Waals surface area (Å²) in [4.78, 5) is 2.34. The van der Waals surface area contributed by atoms with Crippen molar-refractivity contribution in [3.05, 3.63) is 206 Å². The largest absolute Gasteiger partial charge is 0.310 e. The Labute approximate surface area is 294 Å². The van der Waals surface area contributed by atoms with E-state index >= 15 is 0 Å². The average Bonchev–Trinajstić information content (AvgIpc) is 3.54. The highest BCUT2D eigenvalue weighted by Gasteiger charge is 2.18. The quantitative estimate of drug-likeness (QED) is 0.168. The Morgan fingerprint density at radius 1 is 0.380 bits per heavy atom. The van der Waals surface area contributed by atoms with Crippen LogP contribution in [0, 0.1) is 0 Å². The molecule has 9 aromatic rings. The standard InChI is InChI=1S/C48H34N2/c1-4-14-35(15-5-1)37-26-30-41(31-27-37)49(42-32-28-38(29-33-42)36-16-6-2-7-17-36)43-21-12-18-39(34-43)44-23-13-25-47-48(44)45-22-10-11-24-46(45)50(47)40-19-8-3-9-20-40/h1-34H/i1D. The minimum atomic E-state index is 0.515. The third-order valence-corrected chi connectivity index (χ3v) is 9.54. The number of aromatic nitrogens is 1. The van der Waals surface area contributed by atoms with Crippen molar-refractivity contribution in [2.45, 2.75) is 0 Å². The Morgan fingerprint density at radius 2 is 0.900 bits per heavy atom. The first-order valence-electron chi connectivity index (χ1n) is 17.5. The lowest BCUT2D eigenvalue weighted by Crippen LogP contribution is -2.10. The molecule has 1 heterocycles. The molecule has 0 N–H and O–H groups in total. The van der Waals surface area contributed by atoms with Crippen LogP contribution in [0.15, 0.2) is 206 Å². The smallest absolute Gasteiger partial charge is 0.0623 e. The summed E-state index contributed by atoms with van der Waals surface area (Å²) in [7, 11) is 0. The molecule has 0 saturated heterocycles. The molecule has 8 aromatic carbocycles. The molecule has 50 heavy (non-hydrogen) atoms. The zero-order valence-corrected chi connectivity index (χ0v) is 27.4. The molecule has 0 aliphatic rings. The zero-order chi connectivity index (χ0) is 34.1. The summed E-state index contributed by atoms with van der Waals surface area (Å²) in [5.41, 5.74) is 13.7. The number of hydrogen-bond acceptors (Lipinski definition) is 1. The second-order valence-electron chi connectivity index (χ2n) is 12.5. The highest BCUT2D eigenvalue weighted by Crippen LogP contribution is 2.42. The van der Waals surface area contributed by atoms with Crippen LogP contribution in [0.4, 0.5) is 17.1 Å². The fourth-order valence-corrected chi connectivity index (χ4v) is 7.19. The van der Waals surface area contributed by atoms with Crippen LogP contribution < -0.4 is 4.90 Å². The number of hydrogen-bond donors (Lipinski definition) is 0. The van der Waals surface area contributed by atoms with Gasteiger partial charge in [-0.05, 0) is 94.0 Å². The summed E-state index contributed by atoms with van der Waals surface area (Å²) >= 11 is 0. The first-order valence-corrected chi connectivity index (χ1v) is 17.0. The van der Waals surface area contributed by atoms with Crippen molar-refractivity contribution in [1.29, 1.82) is 0 Å². The summed E-state index contributed by atoms with van der Waals surface area (Å²) < 4.78 is 10.3. The molecule has 0 fully saturated rings. The molecule has 1 aromatic heterocycles. The van der Waals surface area contributed by atoms with E-state index in [4.69, 9.17) is 1.37 Å². The lowest BCUT2D eigenvalue weighted by Gasteiger charge is -2.26. The van der Waals surface area contributed by atoms with Crippen LogP contribution in [0.1, 0.15) is 1.37 Å². The van der Waals surface area contributed by atoms with Crippen molar-refractivity contribution in [3.8, 4) is 39.1 Å². The molecule has 236 valence electrons. The lowest BCUT2D eigenvalue weighted by atomic mass is 9.98. The lowest BCUT2D eigenvalue weighted by molar-refractivity contribution is 1.18. The van der Waals surface area contributed by atoms with Crippen molar-refractivity contribution in [2.24, 2.45) is 0 Å². The van der Waals surface area contributed by atoms with Crippen LogP contribution in [0.25, 0.3) is 60.9 Å². The maximum Gasteiger partial charge on any atom is 0.0623 e. The van der Waals surface area contributed by atoms with E-state index in [-0.39, 0.29) is 0 Å². The molecule has 0 aliphatic carbocycles. The molecule has 0 spiro atoms. The fourth-order valence-electron chi connectivity index (χ4n) is 7.19. The minimum absolute atomic E-state index is 0.515. The van der Waals surface area contributed by atoms with Gasteiger partial charge in [0.25, 0.3) is 0 Å². The van der Waals surface area contributed by atoms with Crippen LogP contribution in [-0.2, 0) is 0 Å². The average molecular weight is 640 g/mol. The molecule has 2 nitrogen and oxygen atoms in total. The van der Waals surface area contributed by atoms with Gasteiger partial charge in [-0.2, -0.15) is 0 Å². The van der Waals surface area contributed by atoms with Gasteiger partial charge in [0.1, 0.15) is 0 Å². The van der Waals surface area contributed by atoms with E-state index in [1.165, 1.54) is 38.5 Å². The third kappa shape index (κ3) is 5.34. The van der Waals surface area contributed by atoms with Crippen LogP contribution in [-0.4, -0.2) is 4.57 Å². The SMILES string of the molecule is [2H]c1ccc(-c2ccc(N(c3ccc(-c4ccccc4)cc3)c3cccc(-c4cccc5c4c4ccccc4n5-c4ccccc4)c3)cc2)cc1. The number of para-hydroxylation sites is 2. The second-order valence-corrected chi connectivity index (χ2v) is 12.5. The van der Waals surface area contributed by atoms with Crippen molar-refractivity contribution >= 4 is 38.9 Å². The second kappa shape index (κ2) is 12.8. The highest BCUT2D eigenvalue weighted by atomic mass is 15.1. The van der Waals surface area contributed by atoms with Crippen molar-refractivity contribution < 1.29 is 1.37 Å². The van der Waals surface area contributed by atoms with E-state index in [9.17, 15) is 0 Å². The molecule has 0 aliphatic heterocycles. The van der Waals surface area contributed by atoms with E-state index in [2.05, 4.69) is 185 Å². The van der Waals surface area contributed by atoms with Crippen LogP contribution in [0.5, 0.6) is 0 Å². The summed E-state index contributed by atoms with van der Waals surface area (Å²) in [5, 5.41) is 2.48. The predicted molar refractivity (Wildman–Crippen MR) is 212 cm³/mol. The maximum absolute atomic E-state index is 7.90. The van der Waals surface area contributed by atoms with E-state index in [0.29, 0.717) is 6.04 Å². The van der Waals surface area contributed by atoms with Crippen LogP contribution in [0.3, 0.4) is 0 Å². The molecule has 0 unspecified atom stereocenters. The molecule has 9 rings (SSSR count). The topological polar surface area (TPSA) is 8.17 Å². The Bertz CT molecular complexity index is 2610. The van der Waals surface area contributed by atoms with Gasteiger partial charge in [-0.25, -0.2) is 0 Å². The molecular weight excluding hydrogens is 605 g/mol. The number of anilines is 3.